The smallest absolute Gasteiger partial charge is 0.336 e. The summed E-state index contributed by atoms with van der Waals surface area (Å²) < 4.78 is 13.0. The minimum atomic E-state index is -2.74. The van der Waals surface area contributed by atoms with Crippen molar-refractivity contribution in [3.8, 4) is 17.2 Å². The normalized spacial score (nSPS) is 12.9. The molecule has 1 aliphatic heterocycles. The molecule has 1 aliphatic rings. The van der Waals surface area contributed by atoms with Gasteiger partial charge in [-0.2, -0.15) is 0 Å². The van der Waals surface area contributed by atoms with Gasteiger partial charge >= 0.3 is 17.9 Å². The summed E-state index contributed by atoms with van der Waals surface area (Å²) in [7, 11) is 0. The third-order valence-corrected chi connectivity index (χ3v) is 6.73. The Bertz CT molecular complexity index is 1600. The Morgan fingerprint density at radius 2 is 1.52 bits per heavy atom. The molecule has 5 N–H and O–H groups in total. The van der Waals surface area contributed by atoms with Crippen LogP contribution in [0.25, 0.3) is 16.7 Å². The van der Waals surface area contributed by atoms with E-state index in [1.807, 2.05) is 43.6 Å². The molecule has 0 spiro atoms. The molecule has 13 heteroatoms. The number of aliphatic hydroxyl groups is 2. The Morgan fingerprint density at radius 1 is 0.909 bits per heavy atom. The maximum atomic E-state index is 10.3. The molecule has 1 unspecified atom stereocenters. The molecular weight excluding hydrogens is 574 g/mol. The van der Waals surface area contributed by atoms with Crippen molar-refractivity contribution in [2.75, 3.05) is 13.3 Å². The van der Waals surface area contributed by atoms with Crippen LogP contribution in [0.5, 0.6) is 11.5 Å². The van der Waals surface area contributed by atoms with Crippen LogP contribution in [0.1, 0.15) is 30.9 Å². The number of hydrogen-bond acceptors (Lipinski definition) is 9. The highest BCUT2D eigenvalue weighted by Gasteiger charge is 2.40. The average Bonchev–Trinajstić information content (AvgIpc) is 3.59. The zero-order chi connectivity index (χ0) is 31.9. The first-order valence-corrected chi connectivity index (χ1v) is 13.6. The Labute approximate surface area is 252 Å². The number of aliphatic carboxylic acids is 3. The zero-order valence-corrected chi connectivity index (χ0v) is 23.9. The number of carboxylic acids is 3. The van der Waals surface area contributed by atoms with E-state index in [2.05, 4.69) is 50.8 Å². The van der Waals surface area contributed by atoms with E-state index in [0.29, 0.717) is 6.54 Å². The van der Waals surface area contributed by atoms with E-state index in [9.17, 15) is 19.5 Å². The number of para-hydroxylation sites is 2. The molecule has 2 heterocycles. The fourth-order valence-corrected chi connectivity index (χ4v) is 4.76. The van der Waals surface area contributed by atoms with Gasteiger partial charge in [-0.1, -0.05) is 30.3 Å². The van der Waals surface area contributed by atoms with Crippen LogP contribution >= 0.6 is 0 Å². The molecule has 1 atom stereocenters. The van der Waals surface area contributed by atoms with Crippen LogP contribution in [0, 0.1) is 0 Å². The minimum absolute atomic E-state index is 0.273. The number of carbonyl (C=O) groups is 3. The lowest BCUT2D eigenvalue weighted by Crippen LogP contribution is -2.42. The summed E-state index contributed by atoms with van der Waals surface area (Å²) >= 11 is 0. The molecule has 0 bridgehead atoms. The molecular formula is C31H33N3O10. The molecule has 232 valence electrons. The molecule has 4 aromatic rings. The average molecular weight is 608 g/mol. The number of ether oxygens (including phenoxy) is 2. The monoisotopic (exact) mass is 607 g/mol. The maximum absolute atomic E-state index is 10.3. The lowest BCUT2D eigenvalue weighted by atomic mass is 9.96. The largest absolute Gasteiger partial charge is 0.481 e. The first-order valence-electron chi connectivity index (χ1n) is 13.6. The Morgan fingerprint density at radius 3 is 2.16 bits per heavy atom. The lowest BCUT2D eigenvalue weighted by molar-refractivity contribution is -0.170. The standard InChI is InChI=1S/C25H25N3O3.C6H8O7/c1-18(29)13-27(15-20-8-11-24-25(12-20)31-17-30-24)14-19-6-9-21(10-7-19)28-16-26-22-4-2-3-5-23(22)28;7-3(8)1-6(13,5(11)12)2-4(9)10/h2-12,16,18,29H,13-15,17H2,1H3;13H,1-2H2,(H,7,8)(H,9,10)(H,11,12). The van der Waals surface area contributed by atoms with Gasteiger partial charge in [0.1, 0.15) is 6.33 Å². The predicted octanol–water partition coefficient (Wildman–Crippen LogP) is 2.89. The SMILES string of the molecule is CC(O)CN(Cc1ccc(-n2cnc3ccccc32)cc1)Cc1ccc2c(c1)OCO2.O=C(O)CC(O)(CC(=O)O)C(=O)O. The van der Waals surface area contributed by atoms with E-state index in [1.165, 1.54) is 5.56 Å². The van der Waals surface area contributed by atoms with Gasteiger partial charge in [-0.15, -0.1) is 0 Å². The first kappa shape index (κ1) is 31.9. The third kappa shape index (κ3) is 8.31. The second-order valence-electron chi connectivity index (χ2n) is 10.5. The van der Waals surface area contributed by atoms with Gasteiger partial charge in [0.15, 0.2) is 17.1 Å². The van der Waals surface area contributed by atoms with Crippen LogP contribution in [0.2, 0.25) is 0 Å². The molecule has 0 radical (unpaired) electrons. The van der Waals surface area contributed by atoms with E-state index < -0.39 is 42.5 Å². The van der Waals surface area contributed by atoms with Crippen molar-refractivity contribution >= 4 is 28.9 Å². The molecule has 0 saturated heterocycles. The number of carboxylic acid groups (broad SMARTS) is 3. The number of rotatable bonds is 12. The third-order valence-electron chi connectivity index (χ3n) is 6.73. The highest BCUT2D eigenvalue weighted by molar-refractivity contribution is 5.88. The fraction of sp³-hybridized carbons (Fsp3) is 0.290. The maximum Gasteiger partial charge on any atom is 0.336 e. The Hall–Kier alpha value is -4.98. The van der Waals surface area contributed by atoms with Crippen LogP contribution in [0.4, 0.5) is 0 Å². The molecule has 44 heavy (non-hydrogen) atoms. The van der Waals surface area contributed by atoms with Gasteiger partial charge in [0.2, 0.25) is 6.79 Å². The van der Waals surface area contributed by atoms with Crippen LogP contribution in [0.15, 0.2) is 73.1 Å². The van der Waals surface area contributed by atoms with E-state index in [1.54, 1.807) is 0 Å². The molecule has 3 aromatic carbocycles. The van der Waals surface area contributed by atoms with Gasteiger partial charge in [0.25, 0.3) is 0 Å². The summed E-state index contributed by atoms with van der Waals surface area (Å²) in [6, 6.07) is 22.6. The quantitative estimate of drug-likeness (QED) is 0.158. The summed E-state index contributed by atoms with van der Waals surface area (Å²) in [5.41, 5.74) is 2.74. The van der Waals surface area contributed by atoms with Crippen molar-refractivity contribution in [3.05, 3.63) is 84.2 Å². The van der Waals surface area contributed by atoms with Crippen molar-refractivity contribution in [1.29, 1.82) is 0 Å². The molecule has 5 rings (SSSR count). The topological polar surface area (TPSA) is 192 Å². The van der Waals surface area contributed by atoms with E-state index >= 15 is 0 Å². The highest BCUT2D eigenvalue weighted by atomic mass is 16.7. The van der Waals surface area contributed by atoms with Crippen molar-refractivity contribution in [3.63, 3.8) is 0 Å². The van der Waals surface area contributed by atoms with Crippen molar-refractivity contribution < 1.29 is 49.4 Å². The van der Waals surface area contributed by atoms with E-state index in [-0.39, 0.29) is 6.79 Å². The first-order chi connectivity index (χ1) is 20.9. The summed E-state index contributed by atoms with van der Waals surface area (Å²) in [6.45, 7) is 4.14. The number of aromatic nitrogens is 2. The molecule has 0 fully saturated rings. The molecule has 0 amide bonds. The highest BCUT2D eigenvalue weighted by Crippen LogP contribution is 2.33. The number of fused-ring (bicyclic) bond motifs is 2. The van der Waals surface area contributed by atoms with Gasteiger partial charge in [0, 0.05) is 25.3 Å². The molecule has 0 saturated carbocycles. The lowest BCUT2D eigenvalue weighted by Gasteiger charge is -2.24. The van der Waals surface area contributed by atoms with Crippen molar-refractivity contribution in [2.24, 2.45) is 0 Å². The molecule has 13 nitrogen and oxygen atoms in total. The predicted molar refractivity (Wildman–Crippen MR) is 157 cm³/mol. The summed E-state index contributed by atoms with van der Waals surface area (Å²) in [4.78, 5) is 37.2. The Balaban J connectivity index is 0.000000289. The van der Waals surface area contributed by atoms with Gasteiger partial charge in [-0.25, -0.2) is 9.78 Å². The summed E-state index contributed by atoms with van der Waals surface area (Å²) in [6.07, 6.45) is -0.840. The van der Waals surface area contributed by atoms with E-state index in [4.69, 9.17) is 29.9 Å². The van der Waals surface area contributed by atoms with Gasteiger partial charge < -0.3 is 35.0 Å². The van der Waals surface area contributed by atoms with Crippen LogP contribution in [-0.2, 0) is 27.5 Å². The summed E-state index contributed by atoms with van der Waals surface area (Å²) in [5, 5.41) is 43.8. The second kappa shape index (κ2) is 14.0. The zero-order valence-electron chi connectivity index (χ0n) is 23.9. The molecule has 1 aromatic heterocycles. The number of imidazole rings is 1. The summed E-state index contributed by atoms with van der Waals surface area (Å²) in [5.74, 6) is -3.45. The van der Waals surface area contributed by atoms with Crippen LogP contribution in [0.3, 0.4) is 0 Å². The second-order valence-corrected chi connectivity index (χ2v) is 10.5. The van der Waals surface area contributed by atoms with Crippen LogP contribution < -0.4 is 9.47 Å². The van der Waals surface area contributed by atoms with Crippen molar-refractivity contribution in [2.45, 2.75) is 44.6 Å². The van der Waals surface area contributed by atoms with E-state index in [0.717, 1.165) is 46.9 Å². The Kier molecular flexibility index (Phi) is 10.2. The number of hydrogen-bond donors (Lipinski definition) is 5. The van der Waals surface area contributed by atoms with Crippen LogP contribution in [-0.4, -0.2) is 82.9 Å². The van der Waals surface area contributed by atoms with Gasteiger partial charge in [-0.3, -0.25) is 19.1 Å². The van der Waals surface area contributed by atoms with Gasteiger partial charge in [0.05, 0.1) is 30.0 Å². The van der Waals surface area contributed by atoms with Gasteiger partial charge in [-0.05, 0) is 54.4 Å². The molecule has 0 aliphatic carbocycles. The minimum Gasteiger partial charge on any atom is -0.481 e. The number of aliphatic hydroxyl groups excluding tert-OH is 1. The van der Waals surface area contributed by atoms with Crippen molar-refractivity contribution in [1.82, 2.24) is 14.5 Å². The fourth-order valence-electron chi connectivity index (χ4n) is 4.76. The number of benzene rings is 3. The number of nitrogens with zero attached hydrogens (tertiary/aromatic N) is 3.